The quantitative estimate of drug-likeness (QED) is 0.522. The predicted molar refractivity (Wildman–Crippen MR) is 145 cm³/mol. The summed E-state index contributed by atoms with van der Waals surface area (Å²) in [5, 5.41) is 10.8. The molecule has 7 heteroatoms. The number of ether oxygens (including phenoxy) is 1. The van der Waals surface area contributed by atoms with Gasteiger partial charge in [0.2, 0.25) is 5.95 Å². The number of nitrogens with zero attached hydrogens (tertiary/aromatic N) is 4. The Balaban J connectivity index is 1.02. The second-order valence-electron chi connectivity index (χ2n) is 11.1. The molecule has 5 rings (SSSR count). The Morgan fingerprint density at radius 1 is 1.03 bits per heavy atom. The summed E-state index contributed by atoms with van der Waals surface area (Å²) in [7, 11) is 0. The highest BCUT2D eigenvalue weighted by Crippen LogP contribution is 2.35. The lowest BCUT2D eigenvalue weighted by atomic mass is 9.80. The minimum atomic E-state index is -0.423. The van der Waals surface area contributed by atoms with Gasteiger partial charge in [0.1, 0.15) is 17.8 Å². The number of carbonyl (C=O) groups excluding carboxylic acids is 1. The summed E-state index contributed by atoms with van der Waals surface area (Å²) in [6.45, 7) is 6.26. The molecule has 4 aliphatic rings. The maximum absolute atomic E-state index is 11.5. The molecular weight excluding hydrogens is 464 g/mol. The maximum atomic E-state index is 11.5. The van der Waals surface area contributed by atoms with E-state index in [1.807, 2.05) is 12.4 Å². The molecule has 0 radical (unpaired) electrons. The first kappa shape index (κ1) is 26.1. The van der Waals surface area contributed by atoms with Gasteiger partial charge in [-0.3, -0.25) is 9.69 Å². The summed E-state index contributed by atoms with van der Waals surface area (Å²) in [5.41, 5.74) is 2.67. The molecule has 0 bridgehead atoms. The van der Waals surface area contributed by atoms with Crippen molar-refractivity contribution < 1.29 is 14.6 Å². The van der Waals surface area contributed by atoms with Crippen LogP contribution in [0, 0.1) is 17.8 Å². The monoisotopic (exact) mass is 506 g/mol. The van der Waals surface area contributed by atoms with E-state index < -0.39 is 6.23 Å². The van der Waals surface area contributed by atoms with Crippen LogP contribution in [0.25, 0.3) is 0 Å². The number of anilines is 1. The number of aliphatic hydroxyl groups excluding tert-OH is 1. The summed E-state index contributed by atoms with van der Waals surface area (Å²) in [5.74, 6) is 3.46. The van der Waals surface area contributed by atoms with Gasteiger partial charge in [-0.15, -0.1) is 0 Å². The fourth-order valence-corrected chi connectivity index (χ4v) is 6.01. The Morgan fingerprint density at radius 3 is 2.41 bits per heavy atom. The molecule has 3 heterocycles. The van der Waals surface area contributed by atoms with Crippen molar-refractivity contribution >= 4 is 11.7 Å². The molecule has 2 fully saturated rings. The van der Waals surface area contributed by atoms with Crippen LogP contribution in [0.3, 0.4) is 0 Å². The van der Waals surface area contributed by atoms with E-state index in [4.69, 9.17) is 4.74 Å². The summed E-state index contributed by atoms with van der Waals surface area (Å²) in [6.07, 6.45) is 20.8. The van der Waals surface area contributed by atoms with Crippen LogP contribution >= 0.6 is 0 Å². The first-order chi connectivity index (χ1) is 18.1. The maximum Gasteiger partial charge on any atom is 0.225 e. The van der Waals surface area contributed by atoms with Gasteiger partial charge in [-0.25, -0.2) is 9.97 Å². The zero-order valence-electron chi connectivity index (χ0n) is 22.2. The van der Waals surface area contributed by atoms with Gasteiger partial charge in [-0.2, -0.15) is 0 Å². The summed E-state index contributed by atoms with van der Waals surface area (Å²) in [4.78, 5) is 25.0. The second-order valence-corrected chi connectivity index (χ2v) is 11.1. The van der Waals surface area contributed by atoms with Crippen LogP contribution < -0.4 is 4.90 Å². The van der Waals surface area contributed by atoms with Crippen molar-refractivity contribution in [3.63, 3.8) is 0 Å². The van der Waals surface area contributed by atoms with Crippen molar-refractivity contribution in [1.29, 1.82) is 0 Å². The number of aliphatic hydroxyl groups is 1. The average molecular weight is 507 g/mol. The molecule has 3 atom stereocenters. The second kappa shape index (κ2) is 12.4. The molecule has 7 nitrogen and oxygen atoms in total. The highest BCUT2D eigenvalue weighted by molar-refractivity contribution is 5.79. The van der Waals surface area contributed by atoms with Crippen LogP contribution in [0.5, 0.6) is 0 Å². The van der Waals surface area contributed by atoms with E-state index in [2.05, 4.69) is 51.0 Å². The lowest BCUT2D eigenvalue weighted by molar-refractivity contribution is -0.125. The summed E-state index contributed by atoms with van der Waals surface area (Å²) < 4.78 is 6.20. The minimum Gasteiger partial charge on any atom is -0.494 e. The fourth-order valence-electron chi connectivity index (χ4n) is 6.01. The molecule has 2 saturated heterocycles. The molecule has 2 aliphatic carbocycles. The highest BCUT2D eigenvalue weighted by atomic mass is 16.5. The molecule has 200 valence electrons. The predicted octanol–water partition coefficient (Wildman–Crippen LogP) is 4.44. The minimum absolute atomic E-state index is 0.271. The summed E-state index contributed by atoms with van der Waals surface area (Å²) >= 11 is 0. The number of ketones is 1. The van der Waals surface area contributed by atoms with Crippen molar-refractivity contribution in [2.24, 2.45) is 17.8 Å². The molecule has 0 spiro atoms. The average Bonchev–Trinajstić information content (AvgIpc) is 2.97. The molecule has 1 aromatic heterocycles. The van der Waals surface area contributed by atoms with E-state index in [1.165, 1.54) is 11.1 Å². The van der Waals surface area contributed by atoms with E-state index in [-0.39, 0.29) is 5.92 Å². The van der Waals surface area contributed by atoms with Gasteiger partial charge >= 0.3 is 0 Å². The summed E-state index contributed by atoms with van der Waals surface area (Å²) in [6, 6.07) is 0. The first-order valence-electron chi connectivity index (χ1n) is 14.3. The SMILES string of the molecule is CCc1cnc(N2CCC(COC3=CCC(C4=CCC(C(O)N5CCC(=O)CC5)CC4)C=C3)CC2)nc1. The Labute approximate surface area is 221 Å². The third-order valence-electron chi connectivity index (χ3n) is 8.66. The van der Waals surface area contributed by atoms with Crippen LogP contribution in [0.2, 0.25) is 0 Å². The lowest BCUT2D eigenvalue weighted by Crippen LogP contribution is -2.45. The third kappa shape index (κ3) is 6.68. The lowest BCUT2D eigenvalue weighted by Gasteiger charge is -2.37. The van der Waals surface area contributed by atoms with Crippen molar-refractivity contribution in [3.8, 4) is 0 Å². The fraction of sp³-hybridized carbons (Fsp3) is 0.633. The van der Waals surface area contributed by atoms with Crippen molar-refractivity contribution in [3.05, 3.63) is 53.6 Å². The number of rotatable bonds is 8. The van der Waals surface area contributed by atoms with Gasteiger partial charge in [0.05, 0.1) is 6.61 Å². The third-order valence-corrected chi connectivity index (χ3v) is 8.66. The number of piperidine rings is 2. The van der Waals surface area contributed by atoms with Crippen LogP contribution in [0.1, 0.15) is 63.9 Å². The van der Waals surface area contributed by atoms with Crippen LogP contribution in [-0.2, 0) is 16.0 Å². The van der Waals surface area contributed by atoms with Gasteiger partial charge in [-0.05, 0) is 68.6 Å². The number of carbonyl (C=O) groups is 1. The van der Waals surface area contributed by atoms with E-state index >= 15 is 0 Å². The van der Waals surface area contributed by atoms with E-state index in [0.29, 0.717) is 43.6 Å². The molecule has 37 heavy (non-hydrogen) atoms. The number of Topliss-reactive ketones (excluding diaryl/α,β-unsaturated/α-hetero) is 1. The Bertz CT molecular complexity index is 1000. The molecule has 0 amide bonds. The number of aryl methyl sites for hydroxylation is 1. The van der Waals surface area contributed by atoms with Crippen LogP contribution in [0.4, 0.5) is 5.95 Å². The van der Waals surface area contributed by atoms with E-state index in [9.17, 15) is 9.90 Å². The van der Waals surface area contributed by atoms with E-state index in [0.717, 1.165) is 76.3 Å². The van der Waals surface area contributed by atoms with Gasteiger partial charge in [0.15, 0.2) is 0 Å². The zero-order valence-corrected chi connectivity index (χ0v) is 22.2. The van der Waals surface area contributed by atoms with Crippen LogP contribution in [0.15, 0.2) is 48.0 Å². The Morgan fingerprint density at radius 2 is 1.78 bits per heavy atom. The Kier molecular flexibility index (Phi) is 8.72. The standard InChI is InChI=1S/C30H42N4O3/c1-2-22-19-31-30(32-20-22)34-15-11-23(12-16-34)21-37-28-9-7-25(8-10-28)24-3-5-26(6-4-24)29(36)33-17-13-27(35)14-18-33/h3,7,9-10,19-20,23,25-26,29,36H,2,4-6,8,11-18,21H2,1H3. The Hall–Kier alpha value is -2.51. The first-order valence-corrected chi connectivity index (χ1v) is 14.3. The van der Waals surface area contributed by atoms with Crippen LogP contribution in [-0.4, -0.2) is 64.8 Å². The van der Waals surface area contributed by atoms with E-state index in [1.54, 1.807) is 0 Å². The molecular formula is C30H42N4O3. The highest BCUT2D eigenvalue weighted by Gasteiger charge is 2.30. The number of aromatic nitrogens is 2. The number of hydrogen-bond acceptors (Lipinski definition) is 7. The smallest absolute Gasteiger partial charge is 0.225 e. The van der Waals surface area contributed by atoms with Crippen molar-refractivity contribution in [2.75, 3.05) is 37.7 Å². The van der Waals surface area contributed by atoms with Gasteiger partial charge in [0.25, 0.3) is 0 Å². The van der Waals surface area contributed by atoms with Gasteiger partial charge < -0.3 is 14.7 Å². The molecule has 1 N–H and O–H groups in total. The molecule has 0 aromatic carbocycles. The van der Waals surface area contributed by atoms with Gasteiger partial charge in [-0.1, -0.05) is 24.6 Å². The number of likely N-dealkylation sites (tertiary alicyclic amines) is 1. The molecule has 3 unspecified atom stereocenters. The normalized spacial score (nSPS) is 26.5. The molecule has 1 aromatic rings. The largest absolute Gasteiger partial charge is 0.494 e. The number of allylic oxidation sites excluding steroid dienone is 5. The molecule has 0 saturated carbocycles. The van der Waals surface area contributed by atoms with Crippen molar-refractivity contribution in [1.82, 2.24) is 14.9 Å². The topological polar surface area (TPSA) is 78.8 Å². The van der Waals surface area contributed by atoms with Gasteiger partial charge in [0, 0.05) is 63.3 Å². The zero-order chi connectivity index (χ0) is 25.6. The number of hydrogen-bond donors (Lipinski definition) is 1. The molecule has 2 aliphatic heterocycles. The van der Waals surface area contributed by atoms with Crippen molar-refractivity contribution in [2.45, 2.75) is 70.9 Å².